The van der Waals surface area contributed by atoms with Gasteiger partial charge in [0.25, 0.3) is 11.8 Å². The average molecular weight is 618 g/mol. The number of amides is 2. The van der Waals surface area contributed by atoms with Crippen LogP contribution in [0.15, 0.2) is 59.1 Å². The molecule has 3 aromatic carbocycles. The second-order valence-electron chi connectivity index (χ2n) is 9.79. The van der Waals surface area contributed by atoms with Gasteiger partial charge in [-0.1, -0.05) is 18.2 Å². The van der Waals surface area contributed by atoms with Gasteiger partial charge in [0.15, 0.2) is 11.6 Å². The minimum absolute atomic E-state index is 0.00748. The van der Waals surface area contributed by atoms with Crippen LogP contribution in [-0.4, -0.2) is 25.0 Å². The number of nitrogens with one attached hydrogen (secondary N) is 1. The largest absolute Gasteiger partial charge is 0.433 e. The molecule has 1 N–H and O–H groups in total. The highest BCUT2D eigenvalue weighted by Gasteiger charge is 2.32. The van der Waals surface area contributed by atoms with Crippen LogP contribution in [0, 0.1) is 23.1 Å². The van der Waals surface area contributed by atoms with E-state index < -0.39 is 41.2 Å². The number of hydrogen-bond acceptors (Lipinski definition) is 4. The molecule has 0 unspecified atom stereocenters. The Morgan fingerprint density at radius 1 is 1.15 bits per heavy atom. The summed E-state index contributed by atoms with van der Waals surface area (Å²) in [5.74, 6) is -3.01. The third-order valence-electron chi connectivity index (χ3n) is 6.37. The lowest BCUT2D eigenvalue weighted by Gasteiger charge is -2.25. The summed E-state index contributed by atoms with van der Waals surface area (Å²) in [6.07, 6.45) is 1.69. The molecule has 11 heteroatoms. The summed E-state index contributed by atoms with van der Waals surface area (Å²) in [6.45, 7) is -0.647. The molecular formula is C29H24BrF4N3O3. The standard InChI is InChI=1S/C29H24BrF4N3O3/c1-29(2,34)18-12-21(30)25(23(13-18)40-28(32)33)36-26(38)20-8-5-9-22(24(20)31)37(15-16-10-11-16)27(39)19-7-4-3-6-17(19)14-35/h3-9,12-13,16,28H,10-11,15H2,1-2H3,(H,36,38). The van der Waals surface area contributed by atoms with Crippen LogP contribution in [-0.2, 0) is 5.67 Å². The number of rotatable bonds is 9. The summed E-state index contributed by atoms with van der Waals surface area (Å²) in [6, 6.07) is 14.4. The van der Waals surface area contributed by atoms with Gasteiger partial charge in [0.1, 0.15) is 5.67 Å². The van der Waals surface area contributed by atoms with Crippen LogP contribution in [0.3, 0.4) is 0 Å². The van der Waals surface area contributed by atoms with Gasteiger partial charge in [-0.05, 0) is 90.5 Å². The van der Waals surface area contributed by atoms with Crippen LogP contribution in [0.1, 0.15) is 58.5 Å². The maximum atomic E-state index is 15.9. The number of alkyl halides is 3. The molecule has 0 spiro atoms. The lowest BCUT2D eigenvalue weighted by Crippen LogP contribution is -2.34. The summed E-state index contributed by atoms with van der Waals surface area (Å²) >= 11 is 3.15. The van der Waals surface area contributed by atoms with Crippen molar-refractivity contribution in [2.75, 3.05) is 16.8 Å². The Bertz CT molecular complexity index is 1500. The van der Waals surface area contributed by atoms with E-state index in [2.05, 4.69) is 26.0 Å². The van der Waals surface area contributed by atoms with Gasteiger partial charge in [-0.2, -0.15) is 14.0 Å². The van der Waals surface area contributed by atoms with Gasteiger partial charge in [0.2, 0.25) is 0 Å². The molecule has 0 heterocycles. The van der Waals surface area contributed by atoms with Crippen LogP contribution >= 0.6 is 15.9 Å². The van der Waals surface area contributed by atoms with Crippen molar-refractivity contribution in [3.63, 3.8) is 0 Å². The lowest BCUT2D eigenvalue weighted by molar-refractivity contribution is -0.0495. The van der Waals surface area contributed by atoms with E-state index in [0.29, 0.717) is 0 Å². The Balaban J connectivity index is 1.71. The first-order valence-electron chi connectivity index (χ1n) is 12.3. The molecule has 6 nitrogen and oxygen atoms in total. The molecule has 4 rings (SSSR count). The fourth-order valence-corrected chi connectivity index (χ4v) is 4.62. The summed E-state index contributed by atoms with van der Waals surface area (Å²) in [4.78, 5) is 27.9. The zero-order valence-electron chi connectivity index (χ0n) is 21.5. The van der Waals surface area contributed by atoms with Crippen molar-refractivity contribution >= 4 is 39.1 Å². The van der Waals surface area contributed by atoms with Gasteiger partial charge >= 0.3 is 6.61 Å². The fourth-order valence-electron chi connectivity index (χ4n) is 4.08. The van der Waals surface area contributed by atoms with Gasteiger partial charge in [-0.15, -0.1) is 0 Å². The number of carbonyl (C=O) groups excluding carboxylic acids is 2. The predicted octanol–water partition coefficient (Wildman–Crippen LogP) is 7.57. The van der Waals surface area contributed by atoms with Crippen molar-refractivity contribution in [1.82, 2.24) is 0 Å². The Hall–Kier alpha value is -3.91. The Morgan fingerprint density at radius 3 is 2.45 bits per heavy atom. The molecule has 0 radical (unpaired) electrons. The Kier molecular flexibility index (Phi) is 8.49. The van der Waals surface area contributed by atoms with E-state index in [1.54, 1.807) is 12.1 Å². The second-order valence-corrected chi connectivity index (χ2v) is 10.6. The molecule has 3 aromatic rings. The topological polar surface area (TPSA) is 82.4 Å². The molecule has 0 atom stereocenters. The maximum absolute atomic E-state index is 15.9. The second kappa shape index (κ2) is 11.7. The first-order valence-corrected chi connectivity index (χ1v) is 13.1. The summed E-state index contributed by atoms with van der Waals surface area (Å²) in [5, 5.41) is 11.8. The lowest BCUT2D eigenvalue weighted by atomic mass is 9.99. The van der Waals surface area contributed by atoms with Crippen molar-refractivity contribution in [2.45, 2.75) is 39.0 Å². The molecule has 40 heavy (non-hydrogen) atoms. The molecule has 1 saturated carbocycles. The average Bonchev–Trinajstić information content (AvgIpc) is 3.72. The number of hydrogen-bond donors (Lipinski definition) is 1. The van der Waals surface area contributed by atoms with Gasteiger partial charge in [-0.3, -0.25) is 9.59 Å². The van der Waals surface area contributed by atoms with Crippen LogP contribution in [0.5, 0.6) is 5.75 Å². The molecule has 0 aliphatic heterocycles. The SMILES string of the molecule is CC(C)(F)c1cc(Br)c(NC(=O)c2cccc(N(CC3CC3)C(=O)c3ccccc3C#N)c2F)c(OC(F)F)c1. The summed E-state index contributed by atoms with van der Waals surface area (Å²) in [7, 11) is 0. The summed E-state index contributed by atoms with van der Waals surface area (Å²) in [5.41, 5.74) is -2.58. The highest BCUT2D eigenvalue weighted by molar-refractivity contribution is 9.10. The van der Waals surface area contributed by atoms with Crippen molar-refractivity contribution in [2.24, 2.45) is 5.92 Å². The van der Waals surface area contributed by atoms with Crippen LogP contribution in [0.2, 0.25) is 0 Å². The first-order chi connectivity index (χ1) is 18.9. The maximum Gasteiger partial charge on any atom is 0.387 e. The van der Waals surface area contributed by atoms with E-state index in [1.165, 1.54) is 55.1 Å². The van der Waals surface area contributed by atoms with Crippen LogP contribution in [0.4, 0.5) is 28.9 Å². The monoisotopic (exact) mass is 617 g/mol. The molecule has 1 aliphatic rings. The quantitative estimate of drug-likeness (QED) is 0.251. The van der Waals surface area contributed by atoms with Gasteiger partial charge in [0.05, 0.1) is 34.1 Å². The van der Waals surface area contributed by atoms with E-state index in [9.17, 15) is 28.0 Å². The number of benzene rings is 3. The smallest absolute Gasteiger partial charge is 0.387 e. The van der Waals surface area contributed by atoms with E-state index in [0.717, 1.165) is 18.9 Å². The van der Waals surface area contributed by atoms with E-state index in [1.807, 2.05) is 6.07 Å². The van der Waals surface area contributed by atoms with Gasteiger partial charge in [-0.25, -0.2) is 8.78 Å². The summed E-state index contributed by atoms with van der Waals surface area (Å²) < 4.78 is 61.3. The van der Waals surface area contributed by atoms with Crippen LogP contribution in [0.25, 0.3) is 0 Å². The molecule has 0 aromatic heterocycles. The van der Waals surface area contributed by atoms with Crippen molar-refractivity contribution in [1.29, 1.82) is 5.26 Å². The van der Waals surface area contributed by atoms with E-state index in [4.69, 9.17) is 0 Å². The molecule has 0 saturated heterocycles. The molecule has 208 valence electrons. The number of carbonyl (C=O) groups is 2. The zero-order chi connectivity index (χ0) is 29.2. The number of halogens is 5. The molecule has 1 aliphatic carbocycles. The molecule has 0 bridgehead atoms. The molecule has 2 amide bonds. The number of nitriles is 1. The van der Waals surface area contributed by atoms with Crippen LogP contribution < -0.4 is 15.0 Å². The van der Waals surface area contributed by atoms with Crippen molar-refractivity contribution < 1.29 is 31.9 Å². The van der Waals surface area contributed by atoms with E-state index in [-0.39, 0.29) is 45.0 Å². The first kappa shape index (κ1) is 29.1. The normalized spacial score (nSPS) is 13.1. The van der Waals surface area contributed by atoms with E-state index >= 15 is 4.39 Å². The minimum atomic E-state index is -3.28. The third-order valence-corrected chi connectivity index (χ3v) is 7.00. The number of nitrogens with zero attached hydrogens (tertiary/aromatic N) is 2. The van der Waals surface area contributed by atoms with Crippen molar-refractivity contribution in [3.05, 3.63) is 87.1 Å². The van der Waals surface area contributed by atoms with Gasteiger partial charge < -0.3 is 15.0 Å². The minimum Gasteiger partial charge on any atom is -0.433 e. The van der Waals surface area contributed by atoms with Crippen molar-refractivity contribution in [3.8, 4) is 11.8 Å². The molecular weight excluding hydrogens is 594 g/mol. The predicted molar refractivity (Wildman–Crippen MR) is 145 cm³/mol. The number of anilines is 2. The highest BCUT2D eigenvalue weighted by atomic mass is 79.9. The third kappa shape index (κ3) is 6.45. The molecule has 1 fully saturated rings. The number of ether oxygens (including phenoxy) is 1. The Morgan fingerprint density at radius 2 is 1.82 bits per heavy atom. The fraction of sp³-hybridized carbons (Fsp3) is 0.276. The van der Waals surface area contributed by atoms with Gasteiger partial charge in [0, 0.05) is 11.0 Å². The highest BCUT2D eigenvalue weighted by Crippen LogP contribution is 2.40. The Labute approximate surface area is 236 Å². The zero-order valence-corrected chi connectivity index (χ0v) is 23.1.